The van der Waals surface area contributed by atoms with Gasteiger partial charge in [-0.3, -0.25) is 4.79 Å². The van der Waals surface area contributed by atoms with Crippen molar-refractivity contribution >= 4 is 41.9 Å². The SMILES string of the molecule is NS(=O)(=O)c1ccc(CCNC(=O)CCNS(=O)(=O)c2ccc(Br)cc2)cc1. The number of primary sulfonamides is 1. The predicted octanol–water partition coefficient (Wildman–Crippen LogP) is 1.12. The van der Waals surface area contributed by atoms with Crippen LogP contribution >= 0.6 is 15.9 Å². The van der Waals surface area contributed by atoms with Crippen LogP contribution in [-0.2, 0) is 31.3 Å². The highest BCUT2D eigenvalue weighted by Gasteiger charge is 2.14. The molecule has 0 fully saturated rings. The van der Waals surface area contributed by atoms with Gasteiger partial charge in [0, 0.05) is 24.0 Å². The van der Waals surface area contributed by atoms with Crippen LogP contribution in [0.1, 0.15) is 12.0 Å². The van der Waals surface area contributed by atoms with Gasteiger partial charge in [0.25, 0.3) is 0 Å². The lowest BCUT2D eigenvalue weighted by molar-refractivity contribution is -0.120. The molecule has 0 saturated heterocycles. The fraction of sp³-hybridized carbons (Fsp3) is 0.235. The van der Waals surface area contributed by atoms with Crippen LogP contribution in [0.2, 0.25) is 0 Å². The Morgan fingerprint density at radius 2 is 1.46 bits per heavy atom. The lowest BCUT2D eigenvalue weighted by Crippen LogP contribution is -2.31. The maximum Gasteiger partial charge on any atom is 0.240 e. The number of hydrogen-bond donors (Lipinski definition) is 3. The largest absolute Gasteiger partial charge is 0.356 e. The average Bonchev–Trinajstić information content (AvgIpc) is 2.61. The Hall–Kier alpha value is -1.79. The Morgan fingerprint density at radius 3 is 2.04 bits per heavy atom. The third-order valence-electron chi connectivity index (χ3n) is 3.76. The first-order chi connectivity index (χ1) is 13.1. The molecule has 2 rings (SSSR count). The summed E-state index contributed by atoms with van der Waals surface area (Å²) in [6.07, 6.45) is 0.501. The Balaban J connectivity index is 1.73. The number of benzene rings is 2. The van der Waals surface area contributed by atoms with Gasteiger partial charge in [-0.05, 0) is 48.4 Å². The number of nitrogens with two attached hydrogens (primary N) is 1. The summed E-state index contributed by atoms with van der Waals surface area (Å²) in [4.78, 5) is 12.0. The van der Waals surface area contributed by atoms with Crippen LogP contribution in [0, 0.1) is 0 Å². The van der Waals surface area contributed by atoms with E-state index >= 15 is 0 Å². The van der Waals surface area contributed by atoms with Crippen molar-refractivity contribution in [2.24, 2.45) is 5.14 Å². The van der Waals surface area contributed by atoms with E-state index in [1.807, 2.05) is 0 Å². The Kier molecular flexibility index (Phi) is 7.72. The maximum absolute atomic E-state index is 12.1. The van der Waals surface area contributed by atoms with E-state index in [-0.39, 0.29) is 28.7 Å². The van der Waals surface area contributed by atoms with Crippen molar-refractivity contribution in [3.8, 4) is 0 Å². The topological polar surface area (TPSA) is 135 Å². The first-order valence-electron chi connectivity index (χ1n) is 8.21. The number of halogens is 1. The van der Waals surface area contributed by atoms with E-state index in [9.17, 15) is 21.6 Å². The van der Waals surface area contributed by atoms with Crippen LogP contribution in [-0.4, -0.2) is 35.8 Å². The predicted molar refractivity (Wildman–Crippen MR) is 108 cm³/mol. The van der Waals surface area contributed by atoms with Gasteiger partial charge in [-0.1, -0.05) is 28.1 Å². The summed E-state index contributed by atoms with van der Waals surface area (Å²) in [5.74, 6) is -0.292. The highest BCUT2D eigenvalue weighted by molar-refractivity contribution is 9.10. The highest BCUT2D eigenvalue weighted by Crippen LogP contribution is 2.14. The second-order valence-corrected chi connectivity index (χ2v) is 10.1. The number of sulfonamides is 2. The Morgan fingerprint density at radius 1 is 0.893 bits per heavy atom. The lowest BCUT2D eigenvalue weighted by atomic mass is 10.1. The van der Waals surface area contributed by atoms with E-state index in [4.69, 9.17) is 5.14 Å². The third-order valence-corrected chi connectivity index (χ3v) is 6.69. The van der Waals surface area contributed by atoms with Crippen LogP contribution in [0.25, 0.3) is 0 Å². The molecule has 0 aromatic heterocycles. The zero-order chi connectivity index (χ0) is 20.8. The van der Waals surface area contributed by atoms with Crippen molar-refractivity contribution in [1.29, 1.82) is 0 Å². The van der Waals surface area contributed by atoms with E-state index in [2.05, 4.69) is 26.0 Å². The summed E-state index contributed by atoms with van der Waals surface area (Å²) in [5, 5.41) is 7.72. The van der Waals surface area contributed by atoms with E-state index in [1.165, 1.54) is 24.3 Å². The van der Waals surface area contributed by atoms with Gasteiger partial charge in [0.2, 0.25) is 26.0 Å². The Bertz CT molecular complexity index is 1020. The first-order valence-corrected chi connectivity index (χ1v) is 12.0. The number of amides is 1. The van der Waals surface area contributed by atoms with Gasteiger partial charge >= 0.3 is 0 Å². The molecular weight excluding hydrogens is 470 g/mol. The van der Waals surface area contributed by atoms with Crippen molar-refractivity contribution in [2.75, 3.05) is 13.1 Å². The summed E-state index contributed by atoms with van der Waals surface area (Å²) in [7, 11) is -7.39. The van der Waals surface area contributed by atoms with Crippen LogP contribution < -0.4 is 15.2 Å². The molecule has 2 aromatic carbocycles. The molecule has 0 atom stereocenters. The molecule has 0 radical (unpaired) electrons. The normalized spacial score (nSPS) is 11.9. The van der Waals surface area contributed by atoms with Crippen molar-refractivity contribution in [3.05, 3.63) is 58.6 Å². The molecule has 0 saturated carbocycles. The summed E-state index contributed by atoms with van der Waals surface area (Å²) >= 11 is 3.24. The molecule has 28 heavy (non-hydrogen) atoms. The smallest absolute Gasteiger partial charge is 0.240 e. The molecule has 1 amide bonds. The van der Waals surface area contributed by atoms with Gasteiger partial charge in [-0.25, -0.2) is 26.7 Å². The molecule has 0 aliphatic heterocycles. The van der Waals surface area contributed by atoms with Crippen molar-refractivity contribution in [2.45, 2.75) is 22.6 Å². The molecule has 11 heteroatoms. The first kappa shape index (κ1) is 22.5. The number of carbonyl (C=O) groups excluding carboxylic acids is 1. The second-order valence-electron chi connectivity index (χ2n) is 5.89. The minimum absolute atomic E-state index is 0.000112. The monoisotopic (exact) mass is 489 g/mol. The maximum atomic E-state index is 12.1. The number of rotatable bonds is 9. The molecule has 0 spiro atoms. The Labute approximate surface area is 172 Å². The number of carbonyl (C=O) groups is 1. The van der Waals surface area contributed by atoms with Gasteiger partial charge in [0.05, 0.1) is 9.79 Å². The minimum Gasteiger partial charge on any atom is -0.356 e. The van der Waals surface area contributed by atoms with Crippen molar-refractivity contribution < 1.29 is 21.6 Å². The van der Waals surface area contributed by atoms with Gasteiger partial charge in [0.1, 0.15) is 0 Å². The van der Waals surface area contributed by atoms with Gasteiger partial charge in [-0.15, -0.1) is 0 Å². The molecule has 152 valence electrons. The van der Waals surface area contributed by atoms with E-state index in [0.717, 1.165) is 10.0 Å². The molecule has 2 aromatic rings. The molecule has 0 bridgehead atoms. The zero-order valence-corrected chi connectivity index (χ0v) is 18.0. The average molecular weight is 490 g/mol. The van der Waals surface area contributed by atoms with Gasteiger partial charge in [-0.2, -0.15) is 0 Å². The standard InChI is InChI=1S/C17H20BrN3O5S2/c18-14-3-7-16(8-4-14)28(25,26)21-12-10-17(22)20-11-9-13-1-5-15(6-2-13)27(19,23)24/h1-8,21H,9-12H2,(H,20,22)(H2,19,23,24). The van der Waals surface area contributed by atoms with Crippen LogP contribution in [0.3, 0.4) is 0 Å². The van der Waals surface area contributed by atoms with Gasteiger partial charge < -0.3 is 5.32 Å². The molecule has 0 unspecified atom stereocenters. The fourth-order valence-corrected chi connectivity index (χ4v) is 4.09. The summed E-state index contributed by atoms with van der Waals surface area (Å²) < 4.78 is 49.8. The second kappa shape index (κ2) is 9.61. The highest BCUT2D eigenvalue weighted by atomic mass is 79.9. The molecule has 0 aliphatic carbocycles. The van der Waals surface area contributed by atoms with Crippen LogP contribution in [0.4, 0.5) is 0 Å². The van der Waals surface area contributed by atoms with E-state index < -0.39 is 20.0 Å². The fourth-order valence-electron chi connectivity index (χ4n) is 2.28. The molecule has 4 N–H and O–H groups in total. The quantitative estimate of drug-likeness (QED) is 0.484. The number of hydrogen-bond acceptors (Lipinski definition) is 5. The molecular formula is C17H20BrN3O5S2. The van der Waals surface area contributed by atoms with Gasteiger partial charge in [0.15, 0.2) is 0 Å². The van der Waals surface area contributed by atoms with E-state index in [1.54, 1.807) is 24.3 Å². The minimum atomic E-state index is -3.73. The molecule has 8 nitrogen and oxygen atoms in total. The van der Waals surface area contributed by atoms with Crippen molar-refractivity contribution in [1.82, 2.24) is 10.0 Å². The summed E-state index contributed by atoms with van der Waals surface area (Å²) in [6, 6.07) is 12.2. The lowest BCUT2D eigenvalue weighted by Gasteiger charge is -2.08. The molecule has 0 aliphatic rings. The summed E-state index contributed by atoms with van der Waals surface area (Å²) in [6.45, 7) is 0.320. The van der Waals surface area contributed by atoms with Crippen LogP contribution in [0.15, 0.2) is 62.8 Å². The van der Waals surface area contributed by atoms with Crippen molar-refractivity contribution in [3.63, 3.8) is 0 Å². The number of nitrogens with one attached hydrogen (secondary N) is 2. The van der Waals surface area contributed by atoms with E-state index in [0.29, 0.717) is 13.0 Å². The third kappa shape index (κ3) is 6.99. The summed E-state index contributed by atoms with van der Waals surface area (Å²) in [5.41, 5.74) is 0.837. The molecule has 0 heterocycles. The van der Waals surface area contributed by atoms with Crippen LogP contribution in [0.5, 0.6) is 0 Å². The zero-order valence-electron chi connectivity index (χ0n) is 14.8.